The van der Waals surface area contributed by atoms with Crippen molar-refractivity contribution in [2.75, 3.05) is 39.4 Å². The Morgan fingerprint density at radius 3 is 2.41 bits per heavy atom. The van der Waals surface area contributed by atoms with E-state index >= 15 is 0 Å². The zero-order valence-corrected chi connectivity index (χ0v) is 16.0. The summed E-state index contributed by atoms with van der Waals surface area (Å²) in [5.74, 6) is 0.829. The minimum Gasteiger partial charge on any atom is -0.491 e. The number of aliphatic hydroxyl groups excluding tert-OH is 1. The first kappa shape index (κ1) is 18.5. The van der Waals surface area contributed by atoms with Crippen molar-refractivity contribution >= 4 is 0 Å². The van der Waals surface area contributed by atoms with Crippen molar-refractivity contribution in [3.63, 3.8) is 0 Å². The van der Waals surface area contributed by atoms with Crippen LogP contribution in [0, 0.1) is 0 Å². The van der Waals surface area contributed by atoms with E-state index in [1.165, 1.54) is 37.9 Å². The van der Waals surface area contributed by atoms with Crippen molar-refractivity contribution < 1.29 is 9.84 Å². The number of fused-ring (bicyclic) bond motifs is 1. The summed E-state index contributed by atoms with van der Waals surface area (Å²) in [6, 6.07) is 17.9. The van der Waals surface area contributed by atoms with Gasteiger partial charge in [-0.15, -0.1) is 0 Å². The van der Waals surface area contributed by atoms with Crippen LogP contribution in [0.2, 0.25) is 0 Å². The third-order valence-corrected chi connectivity index (χ3v) is 5.93. The van der Waals surface area contributed by atoms with E-state index < -0.39 is 0 Å². The molecule has 144 valence electrons. The van der Waals surface area contributed by atoms with Crippen LogP contribution in [0.15, 0.2) is 48.5 Å². The minimum atomic E-state index is 0.0542. The SMILES string of the molecule is OCCOc1ccc(CN2CCN(C3CCc4ccccc4C3)CC2)cc1. The quantitative estimate of drug-likeness (QED) is 0.853. The highest BCUT2D eigenvalue weighted by Gasteiger charge is 2.27. The van der Waals surface area contributed by atoms with Gasteiger partial charge in [0.25, 0.3) is 0 Å². The summed E-state index contributed by atoms with van der Waals surface area (Å²) in [5, 5.41) is 8.83. The molecule has 1 unspecified atom stereocenters. The number of aliphatic hydroxyl groups is 1. The molecule has 0 aromatic heterocycles. The van der Waals surface area contributed by atoms with Gasteiger partial charge in [-0.2, -0.15) is 0 Å². The number of ether oxygens (including phenoxy) is 1. The number of aryl methyl sites for hydroxylation is 1. The topological polar surface area (TPSA) is 35.9 Å². The van der Waals surface area contributed by atoms with E-state index in [0.29, 0.717) is 12.6 Å². The third kappa shape index (κ3) is 4.70. The molecule has 0 saturated carbocycles. The average molecular weight is 367 g/mol. The van der Waals surface area contributed by atoms with Gasteiger partial charge in [-0.25, -0.2) is 0 Å². The molecule has 2 aliphatic rings. The van der Waals surface area contributed by atoms with Crippen molar-refractivity contribution in [1.29, 1.82) is 0 Å². The first-order valence-electron chi connectivity index (χ1n) is 10.2. The van der Waals surface area contributed by atoms with E-state index in [2.05, 4.69) is 46.2 Å². The van der Waals surface area contributed by atoms with Crippen LogP contribution in [-0.4, -0.2) is 60.3 Å². The fourth-order valence-electron chi connectivity index (χ4n) is 4.39. The van der Waals surface area contributed by atoms with Crippen molar-refractivity contribution in [2.24, 2.45) is 0 Å². The van der Waals surface area contributed by atoms with Crippen LogP contribution in [0.4, 0.5) is 0 Å². The number of hydrogen-bond donors (Lipinski definition) is 1. The molecular weight excluding hydrogens is 336 g/mol. The number of benzene rings is 2. The van der Waals surface area contributed by atoms with Crippen molar-refractivity contribution in [2.45, 2.75) is 31.8 Å². The molecule has 0 amide bonds. The van der Waals surface area contributed by atoms with Gasteiger partial charge in [0.15, 0.2) is 0 Å². The molecule has 0 bridgehead atoms. The van der Waals surface area contributed by atoms with Gasteiger partial charge < -0.3 is 9.84 Å². The summed E-state index contributed by atoms with van der Waals surface area (Å²) >= 11 is 0. The highest BCUT2D eigenvalue weighted by molar-refractivity contribution is 5.30. The number of hydrogen-bond acceptors (Lipinski definition) is 4. The maximum atomic E-state index is 8.83. The second kappa shape index (κ2) is 8.87. The van der Waals surface area contributed by atoms with Gasteiger partial charge in [-0.3, -0.25) is 9.80 Å². The Bertz CT molecular complexity index is 723. The summed E-state index contributed by atoms with van der Waals surface area (Å²) in [6.07, 6.45) is 3.74. The molecule has 4 nitrogen and oxygen atoms in total. The largest absolute Gasteiger partial charge is 0.491 e. The molecule has 1 fully saturated rings. The molecule has 2 aromatic rings. The van der Waals surface area contributed by atoms with Gasteiger partial charge in [0, 0.05) is 38.8 Å². The van der Waals surface area contributed by atoms with Crippen LogP contribution in [0.3, 0.4) is 0 Å². The summed E-state index contributed by atoms with van der Waals surface area (Å²) < 4.78 is 5.44. The molecule has 0 spiro atoms. The maximum Gasteiger partial charge on any atom is 0.119 e. The Hall–Kier alpha value is -1.88. The lowest BCUT2D eigenvalue weighted by Crippen LogP contribution is -2.51. The maximum absolute atomic E-state index is 8.83. The first-order valence-corrected chi connectivity index (χ1v) is 10.2. The van der Waals surface area contributed by atoms with Crippen LogP contribution in [0.5, 0.6) is 5.75 Å². The first-order chi connectivity index (χ1) is 13.3. The highest BCUT2D eigenvalue weighted by Crippen LogP contribution is 2.25. The fraction of sp³-hybridized carbons (Fsp3) is 0.478. The highest BCUT2D eigenvalue weighted by atomic mass is 16.5. The smallest absolute Gasteiger partial charge is 0.119 e. The standard InChI is InChI=1S/C23H30N2O2/c26-15-16-27-23-9-5-19(6-10-23)18-24-11-13-25(14-12-24)22-8-7-20-3-1-2-4-21(20)17-22/h1-6,9-10,22,26H,7-8,11-18H2. The Morgan fingerprint density at radius 2 is 1.67 bits per heavy atom. The molecule has 1 atom stereocenters. The predicted molar refractivity (Wildman–Crippen MR) is 108 cm³/mol. The van der Waals surface area contributed by atoms with E-state index in [9.17, 15) is 0 Å². The van der Waals surface area contributed by atoms with Gasteiger partial charge in [-0.1, -0.05) is 36.4 Å². The normalized spacial score (nSPS) is 21.0. The van der Waals surface area contributed by atoms with Gasteiger partial charge in [0.1, 0.15) is 12.4 Å². The molecule has 4 heteroatoms. The zero-order valence-electron chi connectivity index (χ0n) is 16.0. The monoisotopic (exact) mass is 366 g/mol. The molecule has 1 saturated heterocycles. The van der Waals surface area contributed by atoms with E-state index in [4.69, 9.17) is 9.84 Å². The lowest BCUT2D eigenvalue weighted by atomic mass is 9.87. The minimum absolute atomic E-state index is 0.0542. The Morgan fingerprint density at radius 1 is 0.926 bits per heavy atom. The van der Waals surface area contributed by atoms with Crippen LogP contribution in [-0.2, 0) is 19.4 Å². The molecule has 4 rings (SSSR count). The second-order valence-electron chi connectivity index (χ2n) is 7.69. The van der Waals surface area contributed by atoms with Crippen LogP contribution in [0.1, 0.15) is 23.1 Å². The second-order valence-corrected chi connectivity index (χ2v) is 7.69. The lowest BCUT2D eigenvalue weighted by Gasteiger charge is -2.41. The third-order valence-electron chi connectivity index (χ3n) is 5.93. The predicted octanol–water partition coefficient (Wildman–Crippen LogP) is 2.73. The van der Waals surface area contributed by atoms with Crippen LogP contribution in [0.25, 0.3) is 0 Å². The number of rotatable bonds is 6. The van der Waals surface area contributed by atoms with E-state index in [-0.39, 0.29) is 6.61 Å². The summed E-state index contributed by atoms with van der Waals surface area (Å²) in [7, 11) is 0. The summed E-state index contributed by atoms with van der Waals surface area (Å²) in [6.45, 7) is 6.03. The number of piperazine rings is 1. The Balaban J connectivity index is 1.26. The van der Waals surface area contributed by atoms with E-state index in [0.717, 1.165) is 25.4 Å². The Labute approximate surface area is 162 Å². The molecule has 1 aliphatic carbocycles. The fourth-order valence-corrected chi connectivity index (χ4v) is 4.39. The van der Waals surface area contributed by atoms with Crippen molar-refractivity contribution in [3.05, 3.63) is 65.2 Å². The van der Waals surface area contributed by atoms with Crippen molar-refractivity contribution in [3.8, 4) is 5.75 Å². The molecular formula is C23H30N2O2. The number of nitrogens with zero attached hydrogens (tertiary/aromatic N) is 2. The molecule has 2 aromatic carbocycles. The summed E-state index contributed by atoms with van der Waals surface area (Å²) in [5.41, 5.74) is 4.44. The van der Waals surface area contributed by atoms with E-state index in [1.807, 2.05) is 12.1 Å². The Kier molecular flexibility index (Phi) is 6.07. The van der Waals surface area contributed by atoms with Gasteiger partial charge >= 0.3 is 0 Å². The van der Waals surface area contributed by atoms with Gasteiger partial charge in [0.05, 0.1) is 6.61 Å². The summed E-state index contributed by atoms with van der Waals surface area (Å²) in [4.78, 5) is 5.26. The molecule has 1 N–H and O–H groups in total. The van der Waals surface area contributed by atoms with Crippen LogP contribution < -0.4 is 4.74 Å². The lowest BCUT2D eigenvalue weighted by molar-refractivity contribution is 0.0856. The van der Waals surface area contributed by atoms with Crippen LogP contribution >= 0.6 is 0 Å². The molecule has 0 radical (unpaired) electrons. The van der Waals surface area contributed by atoms with E-state index in [1.54, 1.807) is 11.1 Å². The molecule has 1 heterocycles. The average Bonchev–Trinajstić information content (AvgIpc) is 2.73. The molecule has 1 aliphatic heterocycles. The van der Waals surface area contributed by atoms with Gasteiger partial charge in [0.2, 0.25) is 0 Å². The molecule has 27 heavy (non-hydrogen) atoms. The van der Waals surface area contributed by atoms with Gasteiger partial charge in [-0.05, 0) is 48.1 Å². The van der Waals surface area contributed by atoms with Crippen molar-refractivity contribution in [1.82, 2.24) is 9.80 Å². The zero-order chi connectivity index (χ0) is 18.5.